The average molecular weight is 287 g/mol. The summed E-state index contributed by atoms with van der Waals surface area (Å²) in [6, 6.07) is 0.437. The van der Waals surface area contributed by atoms with E-state index >= 15 is 0 Å². The molecule has 0 radical (unpaired) electrons. The molecule has 0 aromatic heterocycles. The van der Waals surface area contributed by atoms with E-state index in [2.05, 4.69) is 53.8 Å². The van der Waals surface area contributed by atoms with Gasteiger partial charge in [0.1, 0.15) is 0 Å². The number of hydrogen-bond acceptors (Lipinski definition) is 3. The molecule has 0 fully saturated rings. The van der Waals surface area contributed by atoms with Gasteiger partial charge in [0.15, 0.2) is 0 Å². The van der Waals surface area contributed by atoms with Crippen LogP contribution in [0.1, 0.15) is 68.7 Å². The Labute approximate surface area is 126 Å². The largest absolute Gasteiger partial charge is 0.388 e. The highest BCUT2D eigenvalue weighted by Crippen LogP contribution is 2.44. The normalized spacial score (nSPS) is 16.4. The minimum Gasteiger partial charge on any atom is -0.388 e. The Bertz CT molecular complexity index is 301. The van der Waals surface area contributed by atoms with Crippen LogP contribution >= 0.6 is 0 Å². The van der Waals surface area contributed by atoms with Crippen molar-refractivity contribution in [1.82, 2.24) is 5.32 Å². The van der Waals surface area contributed by atoms with Gasteiger partial charge in [0.05, 0.1) is 17.8 Å². The molecule has 0 aromatic rings. The van der Waals surface area contributed by atoms with E-state index in [1.165, 1.54) is 0 Å². The number of aliphatic hydroxyl groups is 1. The van der Waals surface area contributed by atoms with Crippen LogP contribution in [-0.2, 0) is 4.74 Å². The maximum absolute atomic E-state index is 9.87. The summed E-state index contributed by atoms with van der Waals surface area (Å²) in [6.07, 6.45) is 1.04. The molecule has 0 aliphatic heterocycles. The number of rotatable bonds is 8. The second-order valence-corrected chi connectivity index (χ2v) is 8.67. The van der Waals surface area contributed by atoms with Gasteiger partial charge in [-0.15, -0.1) is 0 Å². The third kappa shape index (κ3) is 5.71. The Morgan fingerprint density at radius 2 is 1.45 bits per heavy atom. The van der Waals surface area contributed by atoms with Crippen LogP contribution in [0, 0.1) is 10.8 Å². The lowest BCUT2D eigenvalue weighted by molar-refractivity contribution is -0.150. The topological polar surface area (TPSA) is 41.5 Å². The van der Waals surface area contributed by atoms with Crippen LogP contribution in [0.15, 0.2) is 0 Å². The van der Waals surface area contributed by atoms with Gasteiger partial charge < -0.3 is 15.2 Å². The Balaban J connectivity index is 4.93. The molecule has 122 valence electrons. The molecule has 0 spiro atoms. The highest BCUT2D eigenvalue weighted by Gasteiger charge is 2.43. The van der Waals surface area contributed by atoms with E-state index in [-0.39, 0.29) is 16.4 Å². The predicted octanol–water partition coefficient (Wildman–Crippen LogP) is 3.60. The molecule has 2 N–H and O–H groups in total. The van der Waals surface area contributed by atoms with Gasteiger partial charge in [0.2, 0.25) is 0 Å². The van der Waals surface area contributed by atoms with Gasteiger partial charge >= 0.3 is 0 Å². The first-order chi connectivity index (χ1) is 8.65. The van der Waals surface area contributed by atoms with Crippen LogP contribution in [-0.4, -0.2) is 36.0 Å². The summed E-state index contributed by atoms with van der Waals surface area (Å²) in [5.74, 6) is 0. The van der Waals surface area contributed by atoms with E-state index in [1.54, 1.807) is 13.8 Å². The van der Waals surface area contributed by atoms with Gasteiger partial charge in [0.25, 0.3) is 0 Å². The first-order valence-electron chi connectivity index (χ1n) is 7.68. The molecule has 0 aliphatic carbocycles. The van der Waals surface area contributed by atoms with Crippen LogP contribution in [0.3, 0.4) is 0 Å². The van der Waals surface area contributed by atoms with Crippen molar-refractivity contribution in [2.45, 2.75) is 86.0 Å². The molecule has 0 aliphatic rings. The summed E-state index contributed by atoms with van der Waals surface area (Å²) in [7, 11) is 2.01. The van der Waals surface area contributed by atoms with Gasteiger partial charge in [-0.25, -0.2) is 0 Å². The number of nitrogens with one attached hydrogen (secondary N) is 1. The molecular formula is C17H37NO2. The molecule has 0 amide bonds. The van der Waals surface area contributed by atoms with Gasteiger partial charge in [-0.2, -0.15) is 0 Å². The zero-order chi connectivity index (χ0) is 16.4. The summed E-state index contributed by atoms with van der Waals surface area (Å²) in [5, 5.41) is 13.2. The highest BCUT2D eigenvalue weighted by atomic mass is 16.5. The summed E-state index contributed by atoms with van der Waals surface area (Å²) in [4.78, 5) is 0. The summed E-state index contributed by atoms with van der Waals surface area (Å²) in [5.41, 5.74) is -0.903. The van der Waals surface area contributed by atoms with E-state index in [0.717, 1.165) is 6.42 Å². The fraction of sp³-hybridized carbons (Fsp3) is 1.00. The molecule has 3 heteroatoms. The Kier molecular flexibility index (Phi) is 6.29. The Hall–Kier alpha value is -0.120. The lowest BCUT2D eigenvalue weighted by Gasteiger charge is -2.48. The van der Waals surface area contributed by atoms with Crippen molar-refractivity contribution < 1.29 is 9.84 Å². The third-order valence-corrected chi connectivity index (χ3v) is 4.92. The molecule has 0 bridgehead atoms. The Morgan fingerprint density at radius 1 is 1.00 bits per heavy atom. The summed E-state index contributed by atoms with van der Waals surface area (Å²) < 4.78 is 6.05. The van der Waals surface area contributed by atoms with Crippen LogP contribution in [0.4, 0.5) is 0 Å². The smallest absolute Gasteiger partial charge is 0.0824 e. The predicted molar refractivity (Wildman–Crippen MR) is 87.0 cm³/mol. The van der Waals surface area contributed by atoms with E-state index in [1.807, 2.05) is 7.05 Å². The molecule has 0 saturated heterocycles. The molecular weight excluding hydrogens is 250 g/mol. The van der Waals surface area contributed by atoms with Crippen molar-refractivity contribution in [3.63, 3.8) is 0 Å². The van der Waals surface area contributed by atoms with E-state index < -0.39 is 5.60 Å². The van der Waals surface area contributed by atoms with E-state index in [4.69, 9.17) is 4.74 Å². The van der Waals surface area contributed by atoms with Gasteiger partial charge in [-0.05, 0) is 58.9 Å². The van der Waals surface area contributed by atoms with Crippen molar-refractivity contribution in [2.75, 3.05) is 13.7 Å². The highest BCUT2D eigenvalue weighted by molar-refractivity contribution is 4.94. The average Bonchev–Trinajstić information content (AvgIpc) is 2.22. The van der Waals surface area contributed by atoms with Crippen LogP contribution in [0.2, 0.25) is 0 Å². The van der Waals surface area contributed by atoms with Crippen molar-refractivity contribution in [3.8, 4) is 0 Å². The minimum atomic E-state index is -0.791. The SMILES string of the molecule is CN[C@H](C)C(C)(C)CC(C)(C)C(C)(C)OCC(C)(C)O. The van der Waals surface area contributed by atoms with E-state index in [0.29, 0.717) is 12.6 Å². The third-order valence-electron chi connectivity index (χ3n) is 4.92. The quantitative estimate of drug-likeness (QED) is 0.716. The molecule has 0 aromatic carbocycles. The second-order valence-electron chi connectivity index (χ2n) is 8.67. The van der Waals surface area contributed by atoms with Crippen molar-refractivity contribution in [2.24, 2.45) is 10.8 Å². The zero-order valence-corrected chi connectivity index (χ0v) is 15.3. The fourth-order valence-corrected chi connectivity index (χ4v) is 2.45. The molecule has 0 unspecified atom stereocenters. The number of hydrogen-bond donors (Lipinski definition) is 2. The summed E-state index contributed by atoms with van der Waals surface area (Å²) >= 11 is 0. The summed E-state index contributed by atoms with van der Waals surface area (Å²) in [6.45, 7) is 19.5. The standard InChI is InChI=1S/C17H37NO2/c1-13(18-10)14(2,3)11-15(4,5)17(8,9)20-12-16(6,7)19/h13,18-19H,11-12H2,1-10H3/t13-/m1/s1. The van der Waals surface area contributed by atoms with Gasteiger partial charge in [-0.3, -0.25) is 0 Å². The lowest BCUT2D eigenvalue weighted by atomic mass is 9.65. The first-order valence-corrected chi connectivity index (χ1v) is 7.68. The van der Waals surface area contributed by atoms with Crippen LogP contribution in [0.5, 0.6) is 0 Å². The zero-order valence-electron chi connectivity index (χ0n) is 15.3. The van der Waals surface area contributed by atoms with E-state index in [9.17, 15) is 5.11 Å². The molecule has 0 rings (SSSR count). The fourth-order valence-electron chi connectivity index (χ4n) is 2.45. The molecule has 0 saturated carbocycles. The van der Waals surface area contributed by atoms with Gasteiger partial charge in [-0.1, -0.05) is 27.7 Å². The van der Waals surface area contributed by atoms with Gasteiger partial charge in [0, 0.05) is 6.04 Å². The van der Waals surface area contributed by atoms with Crippen molar-refractivity contribution in [3.05, 3.63) is 0 Å². The van der Waals surface area contributed by atoms with Crippen LogP contribution < -0.4 is 5.32 Å². The Morgan fingerprint density at radius 3 is 1.80 bits per heavy atom. The van der Waals surface area contributed by atoms with Crippen LogP contribution in [0.25, 0.3) is 0 Å². The molecule has 0 heterocycles. The first kappa shape index (κ1) is 19.9. The molecule has 1 atom stereocenters. The minimum absolute atomic E-state index is 0.00681. The van der Waals surface area contributed by atoms with Crippen molar-refractivity contribution >= 4 is 0 Å². The maximum atomic E-state index is 9.87. The van der Waals surface area contributed by atoms with Crippen molar-refractivity contribution in [1.29, 1.82) is 0 Å². The second kappa shape index (κ2) is 6.33. The monoisotopic (exact) mass is 287 g/mol. The maximum Gasteiger partial charge on any atom is 0.0824 e. The molecule has 3 nitrogen and oxygen atoms in total. The number of ether oxygens (including phenoxy) is 1. The lowest BCUT2D eigenvalue weighted by Crippen LogP contribution is -2.49. The molecule has 20 heavy (non-hydrogen) atoms.